The van der Waals surface area contributed by atoms with E-state index in [9.17, 15) is 9.59 Å². The van der Waals surface area contributed by atoms with E-state index in [1.807, 2.05) is 18.2 Å². The lowest BCUT2D eigenvalue weighted by Gasteiger charge is -2.06. The van der Waals surface area contributed by atoms with Gasteiger partial charge >= 0.3 is 5.97 Å². The van der Waals surface area contributed by atoms with Crippen LogP contribution in [0, 0.1) is 11.3 Å². The lowest BCUT2D eigenvalue weighted by Crippen LogP contribution is -2.21. The van der Waals surface area contributed by atoms with Gasteiger partial charge in [0.05, 0.1) is 18.4 Å². The molecule has 0 fully saturated rings. The lowest BCUT2D eigenvalue weighted by molar-refractivity contribution is -0.144. The van der Waals surface area contributed by atoms with Crippen molar-refractivity contribution in [3.8, 4) is 11.8 Å². The van der Waals surface area contributed by atoms with E-state index in [2.05, 4.69) is 5.32 Å². The average molecular weight is 362 g/mol. The van der Waals surface area contributed by atoms with Gasteiger partial charge in [-0.1, -0.05) is 0 Å². The van der Waals surface area contributed by atoms with Crippen molar-refractivity contribution in [1.29, 1.82) is 5.26 Å². The molecule has 0 saturated heterocycles. The summed E-state index contributed by atoms with van der Waals surface area (Å²) in [5, 5.41) is 13.6. The topological polar surface area (TPSA) is 88.4 Å². The van der Waals surface area contributed by atoms with Crippen LogP contribution in [0.3, 0.4) is 0 Å². The number of benzene rings is 1. The number of carbonyl (C=O) groups is 2. The molecule has 0 unspecified atom stereocenters. The second kappa shape index (κ2) is 8.96. The van der Waals surface area contributed by atoms with Crippen LogP contribution in [-0.4, -0.2) is 31.3 Å². The minimum Gasteiger partial charge on any atom is -0.497 e. The number of methoxy groups -OCH3 is 1. The van der Waals surface area contributed by atoms with E-state index in [1.165, 1.54) is 23.1 Å². The zero-order chi connectivity index (χ0) is 17.4. The standard InChI is InChI=1S/C16H14N2O4S2/c1-21-12-2-4-13(5-3-12)24-10-15(20)22-9-14(19)18-16-11(8-17)6-7-23-16/h2-7H,9-10H2,1H3,(H,18,19). The molecule has 0 saturated carbocycles. The number of nitrogens with one attached hydrogen (secondary N) is 1. The molecule has 0 spiro atoms. The minimum atomic E-state index is -0.488. The third-order valence-electron chi connectivity index (χ3n) is 2.82. The third kappa shape index (κ3) is 5.30. The fourth-order valence-corrected chi connectivity index (χ4v) is 3.11. The van der Waals surface area contributed by atoms with Gasteiger partial charge in [-0.2, -0.15) is 5.26 Å². The van der Waals surface area contributed by atoms with Crippen LogP contribution in [0.15, 0.2) is 40.6 Å². The maximum absolute atomic E-state index is 11.7. The van der Waals surface area contributed by atoms with Crippen molar-refractivity contribution in [3.05, 3.63) is 41.3 Å². The van der Waals surface area contributed by atoms with Crippen molar-refractivity contribution in [2.24, 2.45) is 0 Å². The second-order valence-electron chi connectivity index (χ2n) is 4.45. The van der Waals surface area contributed by atoms with Crippen LogP contribution in [0.25, 0.3) is 0 Å². The van der Waals surface area contributed by atoms with E-state index in [1.54, 1.807) is 30.7 Å². The molecule has 2 rings (SSSR count). The number of carbonyl (C=O) groups excluding carboxylic acids is 2. The summed E-state index contributed by atoms with van der Waals surface area (Å²) in [5.74, 6) is -0.125. The first-order valence-electron chi connectivity index (χ1n) is 6.82. The molecule has 0 aliphatic rings. The third-order valence-corrected chi connectivity index (χ3v) is 4.63. The molecule has 8 heteroatoms. The van der Waals surface area contributed by atoms with Crippen molar-refractivity contribution in [2.45, 2.75) is 4.90 Å². The number of nitriles is 1. The number of rotatable bonds is 7. The molecule has 0 radical (unpaired) electrons. The molecule has 124 valence electrons. The van der Waals surface area contributed by atoms with Crippen molar-refractivity contribution in [1.82, 2.24) is 0 Å². The number of anilines is 1. The number of hydrogen-bond acceptors (Lipinski definition) is 7. The first kappa shape index (κ1) is 17.8. The quantitative estimate of drug-likeness (QED) is 0.602. The van der Waals surface area contributed by atoms with Gasteiger partial charge < -0.3 is 14.8 Å². The molecular formula is C16H14N2O4S2. The van der Waals surface area contributed by atoms with E-state index in [0.717, 1.165) is 10.6 Å². The van der Waals surface area contributed by atoms with Gasteiger partial charge in [0.25, 0.3) is 5.91 Å². The molecular weight excluding hydrogens is 348 g/mol. The van der Waals surface area contributed by atoms with Crippen LogP contribution < -0.4 is 10.1 Å². The monoisotopic (exact) mass is 362 g/mol. The van der Waals surface area contributed by atoms with Crippen LogP contribution >= 0.6 is 23.1 Å². The highest BCUT2D eigenvalue weighted by Crippen LogP contribution is 2.22. The number of thioether (sulfide) groups is 1. The van der Waals surface area contributed by atoms with Crippen LogP contribution in [0.1, 0.15) is 5.56 Å². The van der Waals surface area contributed by atoms with E-state index in [-0.39, 0.29) is 12.4 Å². The molecule has 0 aliphatic heterocycles. The van der Waals surface area contributed by atoms with Gasteiger partial charge in [-0.15, -0.1) is 23.1 Å². The Hall–Kier alpha value is -2.50. The maximum atomic E-state index is 11.7. The average Bonchev–Trinajstić information content (AvgIpc) is 3.05. The molecule has 1 N–H and O–H groups in total. The molecule has 0 bridgehead atoms. The molecule has 0 aliphatic carbocycles. The zero-order valence-electron chi connectivity index (χ0n) is 12.8. The van der Waals surface area contributed by atoms with Crippen LogP contribution in [-0.2, 0) is 14.3 Å². The number of nitrogens with zero attached hydrogens (tertiary/aromatic N) is 1. The van der Waals surface area contributed by atoms with Gasteiger partial charge in [0, 0.05) is 4.90 Å². The summed E-state index contributed by atoms with van der Waals surface area (Å²) in [5.41, 5.74) is 0.384. The molecule has 1 aromatic carbocycles. The number of amides is 1. The summed E-state index contributed by atoms with van der Waals surface area (Å²) in [6, 6.07) is 10.9. The van der Waals surface area contributed by atoms with Gasteiger partial charge in [-0.05, 0) is 35.7 Å². The Labute approximate surface area is 147 Å². The summed E-state index contributed by atoms with van der Waals surface area (Å²) < 4.78 is 9.97. The lowest BCUT2D eigenvalue weighted by atomic mass is 10.3. The van der Waals surface area contributed by atoms with E-state index < -0.39 is 11.9 Å². The summed E-state index contributed by atoms with van der Waals surface area (Å²) in [6.07, 6.45) is 0. The minimum absolute atomic E-state index is 0.0993. The SMILES string of the molecule is COc1ccc(SCC(=O)OCC(=O)Nc2sccc2C#N)cc1. The molecule has 0 atom stereocenters. The first-order chi connectivity index (χ1) is 11.6. The molecule has 6 nitrogen and oxygen atoms in total. The van der Waals surface area contributed by atoms with Crippen LogP contribution in [0.5, 0.6) is 5.75 Å². The zero-order valence-corrected chi connectivity index (χ0v) is 14.4. The first-order valence-corrected chi connectivity index (χ1v) is 8.69. The Morgan fingerprint density at radius 3 is 2.71 bits per heavy atom. The highest BCUT2D eigenvalue weighted by molar-refractivity contribution is 8.00. The van der Waals surface area contributed by atoms with Crippen molar-refractivity contribution >= 4 is 40.0 Å². The van der Waals surface area contributed by atoms with Gasteiger partial charge in [-0.25, -0.2) is 0 Å². The number of hydrogen-bond donors (Lipinski definition) is 1. The summed E-state index contributed by atoms with van der Waals surface area (Å²) in [4.78, 5) is 24.3. The van der Waals surface area contributed by atoms with E-state index in [4.69, 9.17) is 14.7 Å². The fraction of sp³-hybridized carbons (Fsp3) is 0.188. The Bertz CT molecular complexity index is 750. The van der Waals surface area contributed by atoms with Gasteiger partial charge in [0.15, 0.2) is 6.61 Å². The number of thiophene rings is 1. The Kier molecular flexibility index (Phi) is 6.66. The normalized spacial score (nSPS) is 9.83. The van der Waals surface area contributed by atoms with Crippen molar-refractivity contribution < 1.29 is 19.1 Å². The Balaban J connectivity index is 1.72. The fourth-order valence-electron chi connectivity index (χ4n) is 1.66. The maximum Gasteiger partial charge on any atom is 0.316 e. The Morgan fingerprint density at radius 2 is 2.04 bits per heavy atom. The molecule has 24 heavy (non-hydrogen) atoms. The second-order valence-corrected chi connectivity index (χ2v) is 6.41. The Morgan fingerprint density at radius 1 is 1.29 bits per heavy atom. The van der Waals surface area contributed by atoms with Crippen molar-refractivity contribution in [2.75, 3.05) is 24.8 Å². The predicted octanol–water partition coefficient (Wildman–Crippen LogP) is 2.90. The van der Waals surface area contributed by atoms with Gasteiger partial charge in [0.2, 0.25) is 0 Å². The molecule has 1 amide bonds. The summed E-state index contributed by atoms with van der Waals surface area (Å²) >= 11 is 2.55. The van der Waals surface area contributed by atoms with Crippen LogP contribution in [0.2, 0.25) is 0 Å². The highest BCUT2D eigenvalue weighted by atomic mass is 32.2. The van der Waals surface area contributed by atoms with Gasteiger partial charge in [0.1, 0.15) is 16.8 Å². The molecule has 1 aromatic heterocycles. The van der Waals surface area contributed by atoms with Gasteiger partial charge in [-0.3, -0.25) is 9.59 Å². The summed E-state index contributed by atoms with van der Waals surface area (Å²) in [7, 11) is 1.58. The summed E-state index contributed by atoms with van der Waals surface area (Å²) in [6.45, 7) is -0.384. The van der Waals surface area contributed by atoms with Crippen LogP contribution in [0.4, 0.5) is 5.00 Å². The smallest absolute Gasteiger partial charge is 0.316 e. The van der Waals surface area contributed by atoms with E-state index >= 15 is 0 Å². The molecule has 2 aromatic rings. The van der Waals surface area contributed by atoms with Crippen molar-refractivity contribution in [3.63, 3.8) is 0 Å². The molecule has 1 heterocycles. The van der Waals surface area contributed by atoms with E-state index in [0.29, 0.717) is 10.6 Å². The predicted molar refractivity (Wildman–Crippen MR) is 92.3 cm³/mol. The highest BCUT2D eigenvalue weighted by Gasteiger charge is 2.11. The largest absolute Gasteiger partial charge is 0.497 e. The number of ether oxygens (including phenoxy) is 2. The number of esters is 1.